The molecule has 0 atom stereocenters. The summed E-state index contributed by atoms with van der Waals surface area (Å²) >= 11 is 0. The van der Waals surface area contributed by atoms with Crippen LogP contribution in [0.4, 0.5) is 5.82 Å². The molecular weight excluding hydrogens is 375 g/mol. The van der Waals surface area contributed by atoms with E-state index in [9.17, 15) is 4.79 Å². The van der Waals surface area contributed by atoms with Gasteiger partial charge in [0.25, 0.3) is 0 Å². The minimum atomic E-state index is -0.0468. The van der Waals surface area contributed by atoms with Gasteiger partial charge in [-0.05, 0) is 12.1 Å². The first-order valence-electron chi connectivity index (χ1n) is 10.3. The van der Waals surface area contributed by atoms with Crippen molar-refractivity contribution in [2.45, 2.75) is 5.24 Å². The van der Waals surface area contributed by atoms with Gasteiger partial charge in [0.05, 0.1) is 24.0 Å². The number of nitrogens with zero attached hydrogens (tertiary/aromatic N) is 6. The van der Waals surface area contributed by atoms with Gasteiger partial charge in [-0.2, -0.15) is 5.10 Å². The predicted octanol–water partition coefficient (Wildman–Crippen LogP) is -1.90. The van der Waals surface area contributed by atoms with Crippen LogP contribution in [0, 0.1) is 0 Å². The lowest BCUT2D eigenvalue weighted by Gasteiger charge is -2.42. The highest BCUT2D eigenvalue weighted by molar-refractivity contribution is 6.59. The van der Waals surface area contributed by atoms with E-state index >= 15 is 0 Å². The average molecular weight is 401 g/mol. The van der Waals surface area contributed by atoms with Crippen LogP contribution in [0.1, 0.15) is 0 Å². The molecule has 0 aromatic carbocycles. The molecule has 1 N–H and O–H groups in total. The van der Waals surface area contributed by atoms with Gasteiger partial charge in [-0.3, -0.25) is 14.4 Å². The summed E-state index contributed by atoms with van der Waals surface area (Å²) in [5.41, 5.74) is 2.59. The van der Waals surface area contributed by atoms with Crippen LogP contribution in [-0.4, -0.2) is 97.0 Å². The quantitative estimate of drug-likeness (QED) is 0.504. The molecule has 4 heterocycles. The van der Waals surface area contributed by atoms with Crippen LogP contribution in [0.3, 0.4) is 0 Å². The monoisotopic (exact) mass is 401 g/mol. The number of hydrogen-bond donors (Lipinski definition) is 1. The highest BCUT2D eigenvalue weighted by Gasteiger charge is 2.26. The Morgan fingerprint density at radius 1 is 1.17 bits per heavy atom. The van der Waals surface area contributed by atoms with E-state index in [1.54, 1.807) is 17.1 Å². The minimum absolute atomic E-state index is 0.0468. The van der Waals surface area contributed by atoms with Crippen LogP contribution in [0.5, 0.6) is 0 Å². The number of rotatable bonds is 5. The number of carbonyl (C=O) groups is 1. The summed E-state index contributed by atoms with van der Waals surface area (Å²) in [6.07, 6.45) is 5.46. The second kappa shape index (κ2) is 8.24. The van der Waals surface area contributed by atoms with E-state index in [0.717, 1.165) is 48.3 Å². The molecule has 3 aromatic rings. The number of aryl methyl sites for hydroxylation is 1. The summed E-state index contributed by atoms with van der Waals surface area (Å²) in [5, 5.41) is 8.23. The lowest BCUT2D eigenvalue weighted by molar-refractivity contribution is -0.117. The van der Waals surface area contributed by atoms with Gasteiger partial charge in [0.2, 0.25) is 5.91 Å². The van der Waals surface area contributed by atoms with Gasteiger partial charge in [-0.25, -0.2) is 9.97 Å². The van der Waals surface area contributed by atoms with Crippen LogP contribution in [0.15, 0.2) is 36.8 Å². The van der Waals surface area contributed by atoms with Gasteiger partial charge in [0.1, 0.15) is 29.4 Å². The predicted molar refractivity (Wildman–Crippen MR) is 127 cm³/mol. The molecule has 152 valence electrons. The largest absolute Gasteiger partial charge is 0.318 e. The molecule has 1 fully saturated rings. The Morgan fingerprint density at radius 2 is 1.93 bits per heavy atom. The Morgan fingerprint density at radius 3 is 2.60 bits per heavy atom. The first kappa shape index (κ1) is 20.6. The Kier molecular flexibility index (Phi) is 5.66. The normalized spacial score (nSPS) is 16.0. The second-order valence-electron chi connectivity index (χ2n) is 8.84. The summed E-state index contributed by atoms with van der Waals surface area (Å²) in [6, 6.07) is 5.76. The first-order valence-corrected chi connectivity index (χ1v) is 10.3. The van der Waals surface area contributed by atoms with Crippen molar-refractivity contribution >= 4 is 46.2 Å². The van der Waals surface area contributed by atoms with E-state index in [1.807, 2.05) is 31.4 Å². The molecule has 0 aliphatic carbocycles. The van der Waals surface area contributed by atoms with E-state index < -0.39 is 0 Å². The Balaban J connectivity index is 1.40. The molecule has 0 unspecified atom stereocenters. The number of nitrogens with one attached hydrogen (secondary N) is 1. The van der Waals surface area contributed by atoms with Gasteiger partial charge >= 0.3 is 0 Å². The number of anilines is 1. The lowest BCUT2D eigenvalue weighted by atomic mass is 9.48. The maximum absolute atomic E-state index is 12.5. The van der Waals surface area contributed by atoms with Crippen LogP contribution in [0.2, 0.25) is 0 Å². The highest BCUT2D eigenvalue weighted by atomic mass is 16.2. The van der Waals surface area contributed by atoms with Gasteiger partial charge in [0.15, 0.2) is 0 Å². The van der Waals surface area contributed by atoms with E-state index in [4.69, 9.17) is 4.98 Å². The van der Waals surface area contributed by atoms with Crippen molar-refractivity contribution in [2.24, 2.45) is 7.05 Å². The fourth-order valence-corrected chi connectivity index (χ4v) is 3.76. The summed E-state index contributed by atoms with van der Waals surface area (Å²) in [6.45, 7) is 4.12. The third-order valence-electron chi connectivity index (χ3n) is 5.53. The molecule has 0 saturated carbocycles. The fraction of sp³-hybridized carbons (Fsp3) is 0.368. The number of aromatic nitrogens is 4. The summed E-state index contributed by atoms with van der Waals surface area (Å²) in [7, 11) is 8.57. The first-order chi connectivity index (χ1) is 14.3. The number of pyridine rings is 2. The van der Waals surface area contributed by atoms with Gasteiger partial charge in [-0.15, -0.1) is 0 Å². The molecule has 1 aliphatic heterocycles. The standard InChI is InChI=1S/C19H26B3N7O/c1-27-11-14(10-24-27)15-3-2-13-9-23-17(8-16(13)25-15)26-18(30)12-28-4-6-29(7-5-28)19(20,21)22/h2-3,8-11H,4-7,12,20-22H2,1H3,(H,23,26,30). The van der Waals surface area contributed by atoms with Crippen molar-refractivity contribution in [3.63, 3.8) is 0 Å². The smallest absolute Gasteiger partial charge is 0.239 e. The second-order valence-corrected chi connectivity index (χ2v) is 8.84. The minimum Gasteiger partial charge on any atom is -0.318 e. The van der Waals surface area contributed by atoms with Gasteiger partial charge < -0.3 is 10.2 Å². The van der Waals surface area contributed by atoms with Gasteiger partial charge in [0, 0.05) is 62.6 Å². The zero-order valence-corrected chi connectivity index (χ0v) is 18.1. The van der Waals surface area contributed by atoms with Crippen LogP contribution in [-0.2, 0) is 11.8 Å². The molecule has 0 bridgehead atoms. The molecule has 1 saturated heterocycles. The Hall–Kier alpha value is -2.65. The van der Waals surface area contributed by atoms with E-state index in [0.29, 0.717) is 12.4 Å². The molecule has 11 heteroatoms. The third-order valence-corrected chi connectivity index (χ3v) is 5.53. The maximum atomic E-state index is 12.5. The van der Waals surface area contributed by atoms with Gasteiger partial charge in [-0.1, -0.05) is 5.24 Å². The number of amides is 1. The molecule has 3 aromatic heterocycles. The highest BCUT2D eigenvalue weighted by Crippen LogP contribution is 2.21. The molecule has 30 heavy (non-hydrogen) atoms. The molecule has 1 aliphatic rings. The molecule has 0 radical (unpaired) electrons. The number of hydrogen-bond acceptors (Lipinski definition) is 6. The van der Waals surface area contributed by atoms with Crippen LogP contribution in [0.25, 0.3) is 22.2 Å². The van der Waals surface area contributed by atoms with Crippen molar-refractivity contribution in [2.75, 3.05) is 38.0 Å². The topological polar surface area (TPSA) is 79.2 Å². The summed E-state index contributed by atoms with van der Waals surface area (Å²) < 4.78 is 1.75. The van der Waals surface area contributed by atoms with Crippen LogP contribution < -0.4 is 5.32 Å². The maximum Gasteiger partial charge on any atom is 0.239 e. The molecule has 8 nitrogen and oxygen atoms in total. The number of piperazine rings is 1. The van der Waals surface area contributed by atoms with E-state index in [-0.39, 0.29) is 11.1 Å². The number of fused-ring (bicyclic) bond motifs is 1. The molecule has 0 spiro atoms. The SMILES string of the molecule is BC(B)(B)N1CCN(CC(=O)Nc2cc3nc(-c4cnn(C)c4)ccc3cn2)CC1. The molecule has 4 rings (SSSR count). The van der Waals surface area contributed by atoms with Crippen LogP contribution >= 0.6 is 0 Å². The Labute approximate surface area is 179 Å². The van der Waals surface area contributed by atoms with Crippen molar-refractivity contribution in [3.8, 4) is 11.3 Å². The molecular formula is C19H26B3N7O. The van der Waals surface area contributed by atoms with Crippen molar-refractivity contribution in [1.82, 2.24) is 29.5 Å². The zero-order chi connectivity index (χ0) is 21.3. The van der Waals surface area contributed by atoms with E-state index in [2.05, 4.69) is 48.7 Å². The third kappa shape index (κ3) is 4.74. The lowest BCUT2D eigenvalue weighted by Crippen LogP contribution is -2.59. The van der Waals surface area contributed by atoms with Crippen molar-refractivity contribution < 1.29 is 4.79 Å². The van der Waals surface area contributed by atoms with Crippen molar-refractivity contribution in [1.29, 1.82) is 0 Å². The summed E-state index contributed by atoms with van der Waals surface area (Å²) in [4.78, 5) is 26.3. The molecule has 1 amide bonds. The number of carbonyl (C=O) groups excluding carboxylic acids is 1. The summed E-state index contributed by atoms with van der Waals surface area (Å²) in [5.74, 6) is 0.478. The zero-order valence-electron chi connectivity index (χ0n) is 18.1. The Bertz CT molecular complexity index is 1060. The average Bonchev–Trinajstić information content (AvgIpc) is 3.13. The van der Waals surface area contributed by atoms with E-state index in [1.165, 1.54) is 0 Å². The van der Waals surface area contributed by atoms with Crippen molar-refractivity contribution in [3.05, 3.63) is 36.8 Å². The fourth-order valence-electron chi connectivity index (χ4n) is 3.76.